The maximum atomic E-state index is 13.8. The molecule has 1 amide bonds. The Morgan fingerprint density at radius 2 is 2.00 bits per heavy atom. The minimum atomic E-state index is -1.16. The van der Waals surface area contributed by atoms with E-state index in [1.807, 2.05) is 0 Å². The Balaban J connectivity index is 1.88. The Labute approximate surface area is 161 Å². The van der Waals surface area contributed by atoms with Crippen LogP contribution in [0.25, 0.3) is 5.52 Å². The minimum absolute atomic E-state index is 0.0462. The molecule has 8 heteroatoms. The number of aryl methyl sites for hydroxylation is 1. The smallest absolute Gasteiger partial charge is 0.255 e. The molecule has 0 aliphatic heterocycles. The number of carbonyl (C=O) groups is 1. The molecule has 0 unspecified atom stereocenters. The molecule has 0 aliphatic rings. The van der Waals surface area contributed by atoms with Crippen LogP contribution < -0.4 is 10.1 Å². The van der Waals surface area contributed by atoms with Gasteiger partial charge in [-0.05, 0) is 26.0 Å². The molecular formula is C20H22FN3O4. The third-order valence-electron chi connectivity index (χ3n) is 4.47. The van der Waals surface area contributed by atoms with Crippen molar-refractivity contribution in [1.82, 2.24) is 14.9 Å². The van der Waals surface area contributed by atoms with Gasteiger partial charge >= 0.3 is 0 Å². The number of aromatic nitrogens is 2. The van der Waals surface area contributed by atoms with Gasteiger partial charge < -0.3 is 20.3 Å². The first kappa shape index (κ1) is 19.8. The minimum Gasteiger partial charge on any atom is -0.489 e. The zero-order chi connectivity index (χ0) is 20.3. The summed E-state index contributed by atoms with van der Waals surface area (Å²) >= 11 is 0. The number of hydrogen-bond acceptors (Lipinski definition) is 5. The number of aliphatic hydroxyl groups is 2. The highest BCUT2D eigenvalue weighted by molar-refractivity contribution is 6.02. The van der Waals surface area contributed by atoms with Crippen molar-refractivity contribution in [1.29, 1.82) is 0 Å². The van der Waals surface area contributed by atoms with Crippen molar-refractivity contribution in [3.63, 3.8) is 0 Å². The molecule has 3 rings (SSSR count). The van der Waals surface area contributed by atoms with Crippen molar-refractivity contribution in [2.45, 2.75) is 26.0 Å². The van der Waals surface area contributed by atoms with Gasteiger partial charge in [-0.15, -0.1) is 0 Å². The number of aliphatic hydroxyl groups excluding tert-OH is 2. The lowest BCUT2D eigenvalue weighted by Crippen LogP contribution is -2.51. The van der Waals surface area contributed by atoms with Crippen molar-refractivity contribution in [3.05, 3.63) is 65.2 Å². The first-order chi connectivity index (χ1) is 13.4. The Hall–Kier alpha value is -2.97. The van der Waals surface area contributed by atoms with Crippen LogP contribution in [0.3, 0.4) is 0 Å². The van der Waals surface area contributed by atoms with Crippen LogP contribution >= 0.6 is 0 Å². The second-order valence-corrected chi connectivity index (χ2v) is 6.86. The summed E-state index contributed by atoms with van der Waals surface area (Å²) in [6.07, 6.45) is 1.65. The molecule has 7 nitrogen and oxygen atoms in total. The van der Waals surface area contributed by atoms with Crippen LogP contribution in [0.2, 0.25) is 0 Å². The number of pyridine rings is 1. The van der Waals surface area contributed by atoms with Gasteiger partial charge in [0.05, 0.1) is 35.5 Å². The highest BCUT2D eigenvalue weighted by atomic mass is 19.1. The monoisotopic (exact) mass is 387 g/mol. The van der Waals surface area contributed by atoms with Crippen molar-refractivity contribution in [2.24, 2.45) is 0 Å². The molecule has 2 heterocycles. The number of fused-ring (bicyclic) bond motifs is 1. The zero-order valence-electron chi connectivity index (χ0n) is 15.6. The molecule has 2 aromatic heterocycles. The summed E-state index contributed by atoms with van der Waals surface area (Å²) < 4.78 is 21.0. The Morgan fingerprint density at radius 1 is 1.29 bits per heavy atom. The summed E-state index contributed by atoms with van der Waals surface area (Å²) in [5.41, 5.74) is 0.564. The number of ether oxygens (including phenoxy) is 1. The quantitative estimate of drug-likeness (QED) is 0.575. The Morgan fingerprint density at radius 3 is 2.68 bits per heavy atom. The molecular weight excluding hydrogens is 365 g/mol. The van der Waals surface area contributed by atoms with E-state index in [0.717, 1.165) is 0 Å². The van der Waals surface area contributed by atoms with Crippen molar-refractivity contribution >= 4 is 11.4 Å². The lowest BCUT2D eigenvalue weighted by molar-refractivity contribution is 0.0724. The van der Waals surface area contributed by atoms with Gasteiger partial charge in [0.15, 0.2) is 0 Å². The van der Waals surface area contributed by atoms with Gasteiger partial charge in [0, 0.05) is 17.8 Å². The highest BCUT2D eigenvalue weighted by Gasteiger charge is 2.28. The number of carbonyl (C=O) groups excluding carboxylic acids is 1. The van der Waals surface area contributed by atoms with Gasteiger partial charge in [-0.2, -0.15) is 5.10 Å². The number of amides is 1. The van der Waals surface area contributed by atoms with Gasteiger partial charge in [0.25, 0.3) is 5.91 Å². The average molecular weight is 387 g/mol. The molecule has 0 fully saturated rings. The predicted octanol–water partition coefficient (Wildman–Crippen LogP) is 1.83. The van der Waals surface area contributed by atoms with E-state index in [-0.39, 0.29) is 12.4 Å². The van der Waals surface area contributed by atoms with Crippen molar-refractivity contribution in [3.8, 4) is 5.75 Å². The van der Waals surface area contributed by atoms with Crippen LogP contribution in [0.4, 0.5) is 4.39 Å². The number of rotatable bonds is 7. The van der Waals surface area contributed by atoms with Crippen LogP contribution in [0.15, 0.2) is 42.6 Å². The second kappa shape index (κ2) is 7.95. The van der Waals surface area contributed by atoms with Crippen molar-refractivity contribution in [2.75, 3.05) is 13.2 Å². The lowest BCUT2D eigenvalue weighted by Gasteiger charge is -2.26. The van der Waals surface area contributed by atoms with E-state index >= 15 is 0 Å². The summed E-state index contributed by atoms with van der Waals surface area (Å²) in [6.45, 7) is 2.45. The van der Waals surface area contributed by atoms with E-state index in [1.165, 1.54) is 17.5 Å². The molecule has 1 aromatic carbocycles. The SMILES string of the molecule is Cc1nn2ccc(OCc3ccccc3F)cc2c1C(=O)NC(C)(CO)CO. The van der Waals surface area contributed by atoms with E-state index in [0.29, 0.717) is 28.1 Å². The molecule has 0 saturated carbocycles. The summed E-state index contributed by atoms with van der Waals surface area (Å²) in [5.74, 6) is -0.364. The Bertz CT molecular complexity index is 998. The lowest BCUT2D eigenvalue weighted by atomic mass is 10.0. The molecule has 148 valence electrons. The maximum absolute atomic E-state index is 13.8. The molecule has 3 N–H and O–H groups in total. The normalized spacial score (nSPS) is 11.6. The molecule has 0 spiro atoms. The zero-order valence-corrected chi connectivity index (χ0v) is 15.6. The van der Waals surface area contributed by atoms with Gasteiger partial charge in [0.2, 0.25) is 0 Å². The van der Waals surface area contributed by atoms with Crippen molar-refractivity contribution < 1.29 is 24.1 Å². The van der Waals surface area contributed by atoms with Gasteiger partial charge in [-0.3, -0.25) is 4.79 Å². The summed E-state index contributed by atoms with van der Waals surface area (Å²) in [5, 5.41) is 25.8. The molecule has 28 heavy (non-hydrogen) atoms. The molecule has 0 saturated heterocycles. The standard InChI is InChI=1S/C20H22FN3O4/c1-13-18(19(27)22-20(2,11-25)12-26)17-9-15(7-8-24(17)23-13)28-10-14-5-3-4-6-16(14)21/h3-9,25-26H,10-12H2,1-2H3,(H,22,27). The number of halogens is 1. The van der Waals surface area contributed by atoms with E-state index in [1.54, 1.807) is 43.5 Å². The largest absolute Gasteiger partial charge is 0.489 e. The van der Waals surface area contributed by atoms with E-state index in [4.69, 9.17) is 4.74 Å². The predicted molar refractivity (Wildman–Crippen MR) is 101 cm³/mol. The summed E-state index contributed by atoms with van der Waals surface area (Å²) in [4.78, 5) is 12.7. The fourth-order valence-corrected chi connectivity index (χ4v) is 2.76. The third-order valence-corrected chi connectivity index (χ3v) is 4.47. The van der Waals surface area contributed by atoms with Crippen LogP contribution in [0.1, 0.15) is 28.5 Å². The summed E-state index contributed by atoms with van der Waals surface area (Å²) in [7, 11) is 0. The summed E-state index contributed by atoms with van der Waals surface area (Å²) in [6, 6.07) is 9.66. The first-order valence-corrected chi connectivity index (χ1v) is 8.76. The molecule has 3 aromatic rings. The van der Waals surface area contributed by atoms with Crippen LogP contribution in [-0.2, 0) is 6.61 Å². The highest BCUT2D eigenvalue weighted by Crippen LogP contribution is 2.22. The van der Waals surface area contributed by atoms with Gasteiger partial charge in [0.1, 0.15) is 18.2 Å². The average Bonchev–Trinajstić information content (AvgIpc) is 3.02. The van der Waals surface area contributed by atoms with Crippen LogP contribution in [0, 0.1) is 12.7 Å². The number of nitrogens with zero attached hydrogens (tertiary/aromatic N) is 2. The third kappa shape index (κ3) is 3.97. The van der Waals surface area contributed by atoms with E-state index < -0.39 is 24.7 Å². The first-order valence-electron chi connectivity index (χ1n) is 8.76. The molecule has 0 radical (unpaired) electrons. The topological polar surface area (TPSA) is 96.1 Å². The van der Waals surface area contributed by atoms with Gasteiger partial charge in [-0.1, -0.05) is 18.2 Å². The number of hydrogen-bond donors (Lipinski definition) is 3. The molecule has 0 aliphatic carbocycles. The fourth-order valence-electron chi connectivity index (χ4n) is 2.76. The number of nitrogens with one attached hydrogen (secondary N) is 1. The van der Waals surface area contributed by atoms with E-state index in [2.05, 4.69) is 10.4 Å². The Kier molecular flexibility index (Phi) is 5.62. The van der Waals surface area contributed by atoms with Crippen LogP contribution in [-0.4, -0.2) is 44.5 Å². The molecule has 0 atom stereocenters. The second-order valence-electron chi connectivity index (χ2n) is 6.86. The van der Waals surface area contributed by atoms with Gasteiger partial charge in [-0.25, -0.2) is 8.91 Å². The van der Waals surface area contributed by atoms with E-state index in [9.17, 15) is 19.4 Å². The number of benzene rings is 1. The maximum Gasteiger partial charge on any atom is 0.255 e. The fraction of sp³-hybridized carbons (Fsp3) is 0.300. The molecule has 0 bridgehead atoms. The van der Waals surface area contributed by atoms with Crippen LogP contribution in [0.5, 0.6) is 5.75 Å².